The fourth-order valence-electron chi connectivity index (χ4n) is 4.48. The zero-order chi connectivity index (χ0) is 22.8. The van der Waals surface area contributed by atoms with Gasteiger partial charge in [0.25, 0.3) is 0 Å². The number of carboxylic acids is 1. The van der Waals surface area contributed by atoms with Crippen molar-refractivity contribution in [3.63, 3.8) is 0 Å². The molecule has 2 N–H and O–H groups in total. The number of carbonyl (C=O) groups is 2. The number of carboxylic acid groups (broad SMARTS) is 1. The molecule has 1 unspecified atom stereocenters. The Morgan fingerprint density at radius 1 is 1.12 bits per heavy atom. The van der Waals surface area contributed by atoms with Gasteiger partial charge in [-0.25, -0.2) is 9.48 Å². The fourth-order valence-corrected chi connectivity index (χ4v) is 4.48. The Bertz CT molecular complexity index is 1120. The van der Waals surface area contributed by atoms with E-state index < -0.39 is 18.1 Å². The SMILES string of the molecule is COc1c(C(CC(=O)O)NC(=O)OCC2c3ccccc3-c3ccccc32)c(C)nn1C. The van der Waals surface area contributed by atoms with Crippen LogP contribution in [0.4, 0.5) is 4.79 Å². The van der Waals surface area contributed by atoms with Crippen LogP contribution in [0.25, 0.3) is 11.1 Å². The van der Waals surface area contributed by atoms with Gasteiger partial charge >= 0.3 is 12.1 Å². The van der Waals surface area contributed by atoms with Crippen LogP contribution < -0.4 is 10.1 Å². The molecule has 166 valence electrons. The van der Waals surface area contributed by atoms with Crippen LogP contribution in [-0.4, -0.2) is 40.7 Å². The van der Waals surface area contributed by atoms with Crippen molar-refractivity contribution in [3.8, 4) is 17.0 Å². The van der Waals surface area contributed by atoms with Crippen molar-refractivity contribution in [1.29, 1.82) is 0 Å². The van der Waals surface area contributed by atoms with Gasteiger partial charge < -0.3 is 19.9 Å². The summed E-state index contributed by atoms with van der Waals surface area (Å²) in [5.41, 5.74) is 5.58. The van der Waals surface area contributed by atoms with E-state index in [4.69, 9.17) is 9.47 Å². The first kappa shape index (κ1) is 21.4. The number of nitrogens with zero attached hydrogens (tertiary/aromatic N) is 2. The van der Waals surface area contributed by atoms with E-state index in [2.05, 4.69) is 22.5 Å². The summed E-state index contributed by atoms with van der Waals surface area (Å²) in [5.74, 6) is -0.743. The number of aryl methyl sites for hydroxylation is 2. The number of benzene rings is 2. The van der Waals surface area contributed by atoms with E-state index in [-0.39, 0.29) is 18.9 Å². The molecule has 0 bridgehead atoms. The minimum atomic E-state index is -1.06. The minimum Gasteiger partial charge on any atom is -0.481 e. The van der Waals surface area contributed by atoms with E-state index >= 15 is 0 Å². The zero-order valence-electron chi connectivity index (χ0n) is 18.2. The van der Waals surface area contributed by atoms with Gasteiger partial charge in [-0.3, -0.25) is 4.79 Å². The van der Waals surface area contributed by atoms with Gasteiger partial charge in [0, 0.05) is 13.0 Å². The van der Waals surface area contributed by atoms with Crippen LogP contribution in [0.2, 0.25) is 0 Å². The Morgan fingerprint density at radius 3 is 2.28 bits per heavy atom. The maximum Gasteiger partial charge on any atom is 0.407 e. The van der Waals surface area contributed by atoms with Crippen LogP contribution >= 0.6 is 0 Å². The van der Waals surface area contributed by atoms with Crippen LogP contribution in [0.3, 0.4) is 0 Å². The fraction of sp³-hybridized carbons (Fsp3) is 0.292. The Hall–Kier alpha value is -3.81. The Kier molecular flexibility index (Phi) is 5.85. The van der Waals surface area contributed by atoms with Crippen molar-refractivity contribution >= 4 is 12.1 Å². The van der Waals surface area contributed by atoms with Crippen molar-refractivity contribution in [2.24, 2.45) is 7.05 Å². The molecule has 3 aromatic rings. The minimum absolute atomic E-state index is 0.0827. The molecule has 0 saturated heterocycles. The normalized spacial score (nSPS) is 13.2. The molecule has 1 aromatic heterocycles. The average molecular weight is 435 g/mol. The number of alkyl carbamates (subject to hydrolysis) is 1. The van der Waals surface area contributed by atoms with Gasteiger partial charge in [-0.05, 0) is 29.2 Å². The van der Waals surface area contributed by atoms with Crippen LogP contribution in [0.15, 0.2) is 48.5 Å². The Balaban J connectivity index is 1.52. The first-order chi connectivity index (χ1) is 15.4. The van der Waals surface area contributed by atoms with Gasteiger partial charge in [0.2, 0.25) is 5.88 Å². The Labute approximate surface area is 185 Å². The number of nitrogens with one attached hydrogen (secondary N) is 1. The van der Waals surface area contributed by atoms with E-state index in [0.29, 0.717) is 17.1 Å². The molecule has 4 rings (SSSR count). The van der Waals surface area contributed by atoms with Gasteiger partial charge in [0.15, 0.2) is 0 Å². The number of aromatic nitrogens is 2. The van der Waals surface area contributed by atoms with E-state index in [1.165, 1.54) is 11.8 Å². The number of aliphatic carboxylic acids is 1. The van der Waals surface area contributed by atoms with Crippen LogP contribution in [0.5, 0.6) is 5.88 Å². The molecule has 8 heteroatoms. The molecule has 0 fully saturated rings. The molecule has 1 heterocycles. The Morgan fingerprint density at radius 2 is 1.72 bits per heavy atom. The average Bonchev–Trinajstić information content (AvgIpc) is 3.24. The number of carbonyl (C=O) groups excluding carboxylic acids is 1. The van der Waals surface area contributed by atoms with E-state index in [0.717, 1.165) is 22.3 Å². The number of fused-ring (bicyclic) bond motifs is 3. The summed E-state index contributed by atoms with van der Waals surface area (Å²) in [5, 5.41) is 16.4. The number of rotatable bonds is 7. The zero-order valence-corrected chi connectivity index (χ0v) is 18.2. The van der Waals surface area contributed by atoms with Gasteiger partial charge in [-0.1, -0.05) is 48.5 Å². The van der Waals surface area contributed by atoms with Crippen LogP contribution in [0.1, 0.15) is 40.8 Å². The van der Waals surface area contributed by atoms with Gasteiger partial charge in [-0.2, -0.15) is 5.10 Å². The van der Waals surface area contributed by atoms with E-state index in [1.54, 1.807) is 14.0 Å². The predicted octanol–water partition coefficient (Wildman–Crippen LogP) is 3.79. The highest BCUT2D eigenvalue weighted by Crippen LogP contribution is 2.44. The van der Waals surface area contributed by atoms with Gasteiger partial charge in [0.05, 0.1) is 30.8 Å². The largest absolute Gasteiger partial charge is 0.481 e. The van der Waals surface area contributed by atoms with Crippen molar-refractivity contribution < 1.29 is 24.2 Å². The monoisotopic (exact) mass is 435 g/mol. The molecule has 1 amide bonds. The lowest BCUT2D eigenvalue weighted by atomic mass is 9.98. The van der Waals surface area contributed by atoms with Crippen molar-refractivity contribution in [3.05, 3.63) is 70.9 Å². The molecule has 32 heavy (non-hydrogen) atoms. The molecule has 8 nitrogen and oxygen atoms in total. The third-order valence-corrected chi connectivity index (χ3v) is 5.77. The first-order valence-corrected chi connectivity index (χ1v) is 10.3. The van der Waals surface area contributed by atoms with Crippen LogP contribution in [-0.2, 0) is 16.6 Å². The maximum absolute atomic E-state index is 12.7. The lowest BCUT2D eigenvalue weighted by Gasteiger charge is -2.19. The van der Waals surface area contributed by atoms with Gasteiger partial charge in [0.1, 0.15) is 6.61 Å². The van der Waals surface area contributed by atoms with E-state index in [9.17, 15) is 14.7 Å². The molecule has 1 aliphatic carbocycles. The van der Waals surface area contributed by atoms with E-state index in [1.807, 2.05) is 36.4 Å². The molecule has 2 aromatic carbocycles. The highest BCUT2D eigenvalue weighted by Gasteiger charge is 2.31. The molecular formula is C24H25N3O5. The molecular weight excluding hydrogens is 410 g/mol. The van der Waals surface area contributed by atoms with Crippen molar-refractivity contribution in [1.82, 2.24) is 15.1 Å². The number of amides is 1. The third-order valence-electron chi connectivity index (χ3n) is 5.77. The quantitative estimate of drug-likeness (QED) is 0.585. The number of methoxy groups -OCH3 is 1. The molecule has 0 aliphatic heterocycles. The smallest absolute Gasteiger partial charge is 0.407 e. The molecule has 1 atom stereocenters. The standard InChI is InChI=1S/C24H25N3O5/c1-14-22(23(31-3)27(2)26-14)20(12-21(28)29)25-24(30)32-13-19-17-10-6-4-8-15(17)16-9-5-7-11-18(16)19/h4-11,19-20H,12-13H2,1-3H3,(H,25,30)(H,28,29). The van der Waals surface area contributed by atoms with Gasteiger partial charge in [-0.15, -0.1) is 0 Å². The second-order valence-corrected chi connectivity index (χ2v) is 7.75. The van der Waals surface area contributed by atoms with Crippen LogP contribution in [0, 0.1) is 6.92 Å². The number of ether oxygens (including phenoxy) is 2. The summed E-state index contributed by atoms with van der Waals surface area (Å²) in [4.78, 5) is 24.2. The topological polar surface area (TPSA) is 103 Å². The number of hydrogen-bond donors (Lipinski definition) is 2. The summed E-state index contributed by atoms with van der Waals surface area (Å²) >= 11 is 0. The lowest BCUT2D eigenvalue weighted by molar-refractivity contribution is -0.137. The highest BCUT2D eigenvalue weighted by molar-refractivity contribution is 5.79. The molecule has 0 radical (unpaired) electrons. The third kappa shape index (κ3) is 3.91. The van der Waals surface area contributed by atoms with Crippen molar-refractivity contribution in [2.75, 3.05) is 13.7 Å². The summed E-state index contributed by atoms with van der Waals surface area (Å²) in [6, 6.07) is 15.3. The second kappa shape index (κ2) is 8.74. The van der Waals surface area contributed by atoms with Crippen molar-refractivity contribution in [2.45, 2.75) is 25.3 Å². The molecule has 0 spiro atoms. The first-order valence-electron chi connectivity index (χ1n) is 10.3. The maximum atomic E-state index is 12.7. The molecule has 1 aliphatic rings. The summed E-state index contributed by atoms with van der Waals surface area (Å²) in [6.07, 6.45) is -1.02. The number of hydrogen-bond acceptors (Lipinski definition) is 5. The highest BCUT2D eigenvalue weighted by atomic mass is 16.5. The summed E-state index contributed by atoms with van der Waals surface area (Å²) in [6.45, 7) is 1.88. The lowest BCUT2D eigenvalue weighted by Crippen LogP contribution is -2.32. The summed E-state index contributed by atoms with van der Waals surface area (Å²) in [7, 11) is 3.17. The second-order valence-electron chi connectivity index (χ2n) is 7.75. The summed E-state index contributed by atoms with van der Waals surface area (Å²) < 4.78 is 12.5. The molecule has 0 saturated carbocycles. The predicted molar refractivity (Wildman–Crippen MR) is 118 cm³/mol.